The van der Waals surface area contributed by atoms with Crippen LogP contribution in [0.4, 0.5) is 0 Å². The lowest BCUT2D eigenvalue weighted by Gasteiger charge is -2.25. The molecule has 4 heteroatoms. The fourth-order valence-electron chi connectivity index (χ4n) is 7.08. The van der Waals surface area contributed by atoms with Crippen LogP contribution in [-0.4, -0.2) is 44.8 Å². The highest BCUT2D eigenvalue weighted by Crippen LogP contribution is 2.74. The van der Waals surface area contributed by atoms with Crippen LogP contribution in [0.15, 0.2) is 0 Å². The van der Waals surface area contributed by atoms with Gasteiger partial charge in [0.05, 0.1) is 24.4 Å². The summed E-state index contributed by atoms with van der Waals surface area (Å²) in [5, 5.41) is 41.0. The topological polar surface area (TPSA) is 80.9 Å². The van der Waals surface area contributed by atoms with Gasteiger partial charge in [-0.2, -0.15) is 0 Å². The number of rotatable bonds is 0. The Balaban J connectivity index is 1.66. The van der Waals surface area contributed by atoms with Crippen molar-refractivity contribution in [2.24, 2.45) is 47.3 Å². The summed E-state index contributed by atoms with van der Waals surface area (Å²) in [6.45, 7) is 0. The first-order chi connectivity index (χ1) is 8.61. The molecule has 5 fully saturated rings. The molecule has 0 amide bonds. The molecule has 5 aliphatic rings. The third-order valence-corrected chi connectivity index (χ3v) is 7.27. The van der Waals surface area contributed by atoms with E-state index in [0.717, 1.165) is 12.8 Å². The molecular weight excluding hydrogens is 232 g/mol. The fraction of sp³-hybridized carbons (Fsp3) is 1.00. The second-order valence-corrected chi connectivity index (χ2v) is 7.41. The van der Waals surface area contributed by atoms with Crippen LogP contribution >= 0.6 is 0 Å². The smallest absolute Gasteiger partial charge is 0.0836 e. The average molecular weight is 252 g/mol. The van der Waals surface area contributed by atoms with Gasteiger partial charge in [0.15, 0.2) is 0 Å². The number of hydrogen-bond donors (Lipinski definition) is 4. The van der Waals surface area contributed by atoms with Gasteiger partial charge in [-0.05, 0) is 60.2 Å². The Morgan fingerprint density at radius 2 is 0.944 bits per heavy atom. The molecule has 18 heavy (non-hydrogen) atoms. The molecule has 10 unspecified atom stereocenters. The van der Waals surface area contributed by atoms with Crippen molar-refractivity contribution in [3.8, 4) is 0 Å². The van der Waals surface area contributed by atoms with E-state index in [1.807, 2.05) is 0 Å². The SMILES string of the molecule is OC1C(O)C2C3C(O)C(O)C4CC5CC1C2C5C43. The number of fused-ring (bicyclic) bond motifs is 1. The van der Waals surface area contributed by atoms with Crippen LogP contribution in [-0.2, 0) is 0 Å². The molecule has 0 aromatic heterocycles. The summed E-state index contributed by atoms with van der Waals surface area (Å²) in [6.07, 6.45) is -0.529. The molecule has 4 nitrogen and oxygen atoms in total. The molecule has 0 heterocycles. The highest BCUT2D eigenvalue weighted by molar-refractivity contribution is 5.23. The van der Waals surface area contributed by atoms with E-state index in [4.69, 9.17) is 0 Å². The summed E-state index contributed by atoms with van der Waals surface area (Å²) in [6, 6.07) is 0. The van der Waals surface area contributed by atoms with Crippen molar-refractivity contribution < 1.29 is 20.4 Å². The second-order valence-electron chi connectivity index (χ2n) is 7.41. The lowest BCUT2D eigenvalue weighted by Crippen LogP contribution is -2.37. The summed E-state index contributed by atoms with van der Waals surface area (Å²) >= 11 is 0. The van der Waals surface area contributed by atoms with E-state index in [-0.39, 0.29) is 23.7 Å². The van der Waals surface area contributed by atoms with E-state index in [0.29, 0.717) is 23.7 Å². The van der Waals surface area contributed by atoms with Crippen LogP contribution in [0.25, 0.3) is 0 Å². The van der Waals surface area contributed by atoms with Crippen LogP contribution in [0.3, 0.4) is 0 Å². The van der Waals surface area contributed by atoms with Crippen molar-refractivity contribution >= 4 is 0 Å². The van der Waals surface area contributed by atoms with Crippen molar-refractivity contribution in [2.45, 2.75) is 37.3 Å². The van der Waals surface area contributed by atoms with Gasteiger partial charge in [-0.3, -0.25) is 0 Å². The summed E-state index contributed by atoms with van der Waals surface area (Å²) in [7, 11) is 0. The molecule has 0 aromatic carbocycles. The molecule has 5 rings (SSSR count). The number of hydrogen-bond acceptors (Lipinski definition) is 4. The molecule has 0 radical (unpaired) electrons. The minimum absolute atomic E-state index is 0.0277. The number of aliphatic hydroxyl groups is 4. The van der Waals surface area contributed by atoms with E-state index in [1.165, 1.54) is 0 Å². The Morgan fingerprint density at radius 3 is 1.39 bits per heavy atom. The normalized spacial score (nSPS) is 75.3. The lowest BCUT2D eigenvalue weighted by molar-refractivity contribution is -0.0407. The second kappa shape index (κ2) is 2.95. The van der Waals surface area contributed by atoms with Crippen molar-refractivity contribution in [1.29, 1.82) is 0 Å². The minimum Gasteiger partial charge on any atom is -0.390 e. The van der Waals surface area contributed by atoms with Gasteiger partial charge < -0.3 is 20.4 Å². The average Bonchev–Trinajstić information content (AvgIpc) is 3.05. The van der Waals surface area contributed by atoms with Gasteiger partial charge in [-0.1, -0.05) is 0 Å². The third kappa shape index (κ3) is 0.856. The molecular formula is C14H20O4. The van der Waals surface area contributed by atoms with Gasteiger partial charge >= 0.3 is 0 Å². The molecule has 0 aromatic rings. The monoisotopic (exact) mass is 252 g/mol. The Hall–Kier alpha value is -0.160. The highest BCUT2D eigenvalue weighted by atomic mass is 16.3. The van der Waals surface area contributed by atoms with E-state index in [2.05, 4.69) is 0 Å². The zero-order valence-corrected chi connectivity index (χ0v) is 10.1. The maximum atomic E-state index is 10.3. The van der Waals surface area contributed by atoms with Crippen LogP contribution in [0.5, 0.6) is 0 Å². The molecule has 0 aliphatic heterocycles. The Morgan fingerprint density at radius 1 is 0.500 bits per heavy atom. The summed E-state index contributed by atoms with van der Waals surface area (Å²) in [5.74, 6) is 2.52. The van der Waals surface area contributed by atoms with Gasteiger partial charge in [0.2, 0.25) is 0 Å². The van der Waals surface area contributed by atoms with Crippen molar-refractivity contribution in [2.75, 3.05) is 0 Å². The molecule has 0 saturated heterocycles. The predicted octanol–water partition coefficient (Wildman–Crippen LogP) is -0.792. The minimum atomic E-state index is -0.683. The zero-order chi connectivity index (χ0) is 12.3. The van der Waals surface area contributed by atoms with Gasteiger partial charge in [0.1, 0.15) is 0 Å². The zero-order valence-electron chi connectivity index (χ0n) is 10.1. The molecule has 0 bridgehead atoms. The summed E-state index contributed by atoms with van der Waals surface area (Å²) in [5.41, 5.74) is 0. The first-order valence-corrected chi connectivity index (χ1v) is 7.33. The van der Waals surface area contributed by atoms with Gasteiger partial charge in [-0.25, -0.2) is 0 Å². The molecule has 0 spiro atoms. The van der Waals surface area contributed by atoms with E-state index in [9.17, 15) is 20.4 Å². The van der Waals surface area contributed by atoms with Gasteiger partial charge in [-0.15, -0.1) is 0 Å². The Bertz CT molecular complexity index is 377. The molecule has 4 N–H and O–H groups in total. The maximum Gasteiger partial charge on any atom is 0.0836 e. The van der Waals surface area contributed by atoms with Crippen molar-refractivity contribution in [3.05, 3.63) is 0 Å². The molecule has 5 aliphatic carbocycles. The van der Waals surface area contributed by atoms with Crippen LogP contribution < -0.4 is 0 Å². The number of aliphatic hydroxyl groups excluding tert-OH is 4. The summed E-state index contributed by atoms with van der Waals surface area (Å²) in [4.78, 5) is 0. The van der Waals surface area contributed by atoms with Gasteiger partial charge in [0.25, 0.3) is 0 Å². The standard InChI is InChI=1S/C14H20O4/c15-11-4-1-3-2-5-8-6(3)7(4)9(13(11)17)10(8)14(18)12(5)16/h3-18H,1-2H2. The largest absolute Gasteiger partial charge is 0.390 e. The van der Waals surface area contributed by atoms with Crippen LogP contribution in [0, 0.1) is 47.3 Å². The maximum absolute atomic E-state index is 10.3. The quantitative estimate of drug-likeness (QED) is 0.455. The predicted molar refractivity (Wildman–Crippen MR) is 61.2 cm³/mol. The first-order valence-electron chi connectivity index (χ1n) is 7.33. The van der Waals surface area contributed by atoms with Crippen molar-refractivity contribution in [1.82, 2.24) is 0 Å². The Labute approximate surface area is 106 Å². The van der Waals surface area contributed by atoms with E-state index in [1.54, 1.807) is 0 Å². The highest BCUT2D eigenvalue weighted by Gasteiger charge is 2.75. The molecule has 10 atom stereocenters. The third-order valence-electron chi connectivity index (χ3n) is 7.27. The lowest BCUT2D eigenvalue weighted by atomic mass is 9.85. The van der Waals surface area contributed by atoms with Gasteiger partial charge in [0, 0.05) is 0 Å². The van der Waals surface area contributed by atoms with E-state index < -0.39 is 24.4 Å². The first kappa shape index (κ1) is 10.6. The van der Waals surface area contributed by atoms with Crippen LogP contribution in [0.1, 0.15) is 12.8 Å². The molecule has 100 valence electrons. The van der Waals surface area contributed by atoms with E-state index >= 15 is 0 Å². The van der Waals surface area contributed by atoms with Crippen LogP contribution in [0.2, 0.25) is 0 Å². The molecule has 5 saturated carbocycles. The van der Waals surface area contributed by atoms with Crippen molar-refractivity contribution in [3.63, 3.8) is 0 Å². The fourth-order valence-corrected chi connectivity index (χ4v) is 7.08. The Kier molecular flexibility index (Phi) is 1.74. The summed E-state index contributed by atoms with van der Waals surface area (Å²) < 4.78 is 0.